The Balaban J connectivity index is 2.34. The molecule has 0 unspecified atom stereocenters. The van der Waals surface area contributed by atoms with Crippen molar-refractivity contribution in [2.75, 3.05) is 27.4 Å². The summed E-state index contributed by atoms with van der Waals surface area (Å²) in [4.78, 5) is 25.4. The van der Waals surface area contributed by atoms with E-state index >= 15 is 0 Å². The predicted octanol–water partition coefficient (Wildman–Crippen LogP) is 3.23. The van der Waals surface area contributed by atoms with Gasteiger partial charge in [-0.2, -0.15) is 0 Å². The Labute approximate surface area is 163 Å². The number of methoxy groups -OCH3 is 1. The first kappa shape index (κ1) is 19.7. The number of benzene rings is 1. The minimum absolute atomic E-state index is 0.143. The fourth-order valence-electron chi connectivity index (χ4n) is 1.96. The van der Waals surface area contributed by atoms with Gasteiger partial charge in [-0.1, -0.05) is 24.0 Å². The van der Waals surface area contributed by atoms with Crippen LogP contribution in [0.5, 0.6) is 11.5 Å². The van der Waals surface area contributed by atoms with Crippen LogP contribution in [0.25, 0.3) is 6.08 Å². The van der Waals surface area contributed by atoms with Gasteiger partial charge in [0, 0.05) is 7.05 Å². The summed E-state index contributed by atoms with van der Waals surface area (Å²) in [7, 11) is 2.93. The molecule has 0 N–H and O–H groups in total. The maximum atomic E-state index is 12.1. The van der Waals surface area contributed by atoms with Crippen LogP contribution in [-0.2, 0) is 14.3 Å². The van der Waals surface area contributed by atoms with Crippen molar-refractivity contribution in [2.45, 2.75) is 6.92 Å². The summed E-state index contributed by atoms with van der Waals surface area (Å²) >= 11 is 9.78. The Morgan fingerprint density at radius 1 is 1.40 bits per heavy atom. The minimum Gasteiger partial charge on any atom is -0.490 e. The quantitative estimate of drug-likeness (QED) is 0.378. The van der Waals surface area contributed by atoms with Crippen LogP contribution in [-0.4, -0.2) is 48.5 Å². The molecule has 1 heterocycles. The van der Waals surface area contributed by atoms with Crippen molar-refractivity contribution >= 4 is 62.2 Å². The van der Waals surface area contributed by atoms with E-state index in [0.717, 1.165) is 5.56 Å². The molecular weight excluding hydrogens is 430 g/mol. The molecule has 6 nitrogen and oxygen atoms in total. The Morgan fingerprint density at radius 3 is 2.68 bits per heavy atom. The van der Waals surface area contributed by atoms with Gasteiger partial charge >= 0.3 is 5.97 Å². The number of carbonyl (C=O) groups excluding carboxylic acids is 2. The minimum atomic E-state index is -0.495. The second kappa shape index (κ2) is 8.68. The summed E-state index contributed by atoms with van der Waals surface area (Å²) in [6, 6.07) is 3.51. The van der Waals surface area contributed by atoms with Crippen molar-refractivity contribution in [3.8, 4) is 11.5 Å². The molecule has 1 aliphatic rings. The van der Waals surface area contributed by atoms with Crippen molar-refractivity contribution in [1.29, 1.82) is 0 Å². The van der Waals surface area contributed by atoms with E-state index in [1.807, 2.05) is 6.92 Å². The van der Waals surface area contributed by atoms with E-state index in [1.165, 1.54) is 23.8 Å². The van der Waals surface area contributed by atoms with Crippen LogP contribution < -0.4 is 9.47 Å². The number of carbonyl (C=O) groups is 2. The van der Waals surface area contributed by atoms with Crippen LogP contribution in [0.1, 0.15) is 12.5 Å². The van der Waals surface area contributed by atoms with Crippen molar-refractivity contribution < 1.29 is 23.8 Å². The number of amides is 1. The number of halogens is 1. The lowest BCUT2D eigenvalue weighted by molar-refractivity contribution is -0.143. The third-order valence-corrected chi connectivity index (χ3v) is 5.25. The molecule has 1 fully saturated rings. The van der Waals surface area contributed by atoms with Crippen LogP contribution in [0.4, 0.5) is 0 Å². The molecule has 1 aromatic carbocycles. The number of nitrogens with zero attached hydrogens (tertiary/aromatic N) is 1. The third-order valence-electron chi connectivity index (χ3n) is 3.18. The SMILES string of the molecule is CCOc1cc(/C=C2/SC(=S)N(C)C2=O)cc(Br)c1OCC(=O)OC. The van der Waals surface area contributed by atoms with E-state index in [9.17, 15) is 9.59 Å². The van der Waals surface area contributed by atoms with E-state index < -0.39 is 5.97 Å². The fraction of sp³-hybridized carbons (Fsp3) is 0.312. The Hall–Kier alpha value is -1.58. The number of hydrogen-bond donors (Lipinski definition) is 0. The lowest BCUT2D eigenvalue weighted by Gasteiger charge is -2.14. The zero-order chi connectivity index (χ0) is 18.6. The Kier molecular flexibility index (Phi) is 6.86. The number of esters is 1. The molecule has 9 heteroatoms. The number of likely N-dealkylation sites (N-methyl/N-ethyl adjacent to an activating group) is 1. The summed E-state index contributed by atoms with van der Waals surface area (Å²) < 4.78 is 16.8. The zero-order valence-corrected chi connectivity index (χ0v) is 17.0. The first-order valence-corrected chi connectivity index (χ1v) is 9.26. The van der Waals surface area contributed by atoms with Crippen LogP contribution in [0.3, 0.4) is 0 Å². The van der Waals surface area contributed by atoms with Gasteiger partial charge in [-0.25, -0.2) is 4.79 Å². The molecule has 134 valence electrons. The van der Waals surface area contributed by atoms with Crippen molar-refractivity contribution in [3.63, 3.8) is 0 Å². The maximum absolute atomic E-state index is 12.1. The monoisotopic (exact) mass is 445 g/mol. The highest BCUT2D eigenvalue weighted by Gasteiger charge is 2.28. The van der Waals surface area contributed by atoms with Crippen LogP contribution in [0.2, 0.25) is 0 Å². The molecule has 0 saturated carbocycles. The number of ether oxygens (including phenoxy) is 3. The Morgan fingerprint density at radius 2 is 2.12 bits per heavy atom. The number of thiocarbonyl (C=S) groups is 1. The lowest BCUT2D eigenvalue weighted by atomic mass is 10.2. The normalized spacial score (nSPS) is 15.7. The molecule has 2 rings (SSSR count). The molecule has 0 spiro atoms. The van der Waals surface area contributed by atoms with Gasteiger partial charge in [0.2, 0.25) is 0 Å². The summed E-state index contributed by atoms with van der Waals surface area (Å²) in [5.41, 5.74) is 0.745. The highest BCUT2D eigenvalue weighted by atomic mass is 79.9. The summed E-state index contributed by atoms with van der Waals surface area (Å²) in [5.74, 6) is 0.214. The van der Waals surface area contributed by atoms with Crippen molar-refractivity contribution in [3.05, 3.63) is 27.1 Å². The Bertz CT molecular complexity index is 750. The molecule has 0 aromatic heterocycles. The van der Waals surface area contributed by atoms with E-state index in [0.29, 0.717) is 31.8 Å². The second-order valence-corrected chi connectivity index (χ2v) is 7.40. The average Bonchev–Trinajstić information content (AvgIpc) is 2.81. The number of rotatable bonds is 6. The fourth-order valence-corrected chi connectivity index (χ4v) is 3.71. The van der Waals surface area contributed by atoms with Gasteiger partial charge in [0.15, 0.2) is 18.1 Å². The third kappa shape index (κ3) is 4.74. The highest BCUT2D eigenvalue weighted by Crippen LogP contribution is 2.39. The van der Waals surface area contributed by atoms with Gasteiger partial charge in [-0.15, -0.1) is 0 Å². The predicted molar refractivity (Wildman–Crippen MR) is 104 cm³/mol. The molecule has 0 radical (unpaired) electrons. The van der Waals surface area contributed by atoms with E-state index in [-0.39, 0.29) is 12.5 Å². The number of thioether (sulfide) groups is 1. The standard InChI is InChI=1S/C16H16BrNO5S2/c1-4-22-11-6-9(7-12-15(20)18(2)16(24)25-12)5-10(17)14(11)23-8-13(19)21-3/h5-7H,4,8H2,1-3H3/b12-7+. The van der Waals surface area contributed by atoms with Gasteiger partial charge in [0.25, 0.3) is 5.91 Å². The molecule has 1 aliphatic heterocycles. The molecule has 1 aromatic rings. The van der Waals surface area contributed by atoms with E-state index in [4.69, 9.17) is 21.7 Å². The van der Waals surface area contributed by atoms with E-state index in [1.54, 1.807) is 25.3 Å². The van der Waals surface area contributed by atoms with Gasteiger partial charge in [0.05, 0.1) is 23.1 Å². The largest absolute Gasteiger partial charge is 0.490 e. The smallest absolute Gasteiger partial charge is 0.343 e. The first-order chi connectivity index (χ1) is 11.9. The van der Waals surface area contributed by atoms with Gasteiger partial charge in [-0.3, -0.25) is 9.69 Å². The molecule has 25 heavy (non-hydrogen) atoms. The zero-order valence-electron chi connectivity index (χ0n) is 13.8. The molecule has 1 amide bonds. The van der Waals surface area contributed by atoms with Crippen LogP contribution in [0.15, 0.2) is 21.5 Å². The summed E-state index contributed by atoms with van der Waals surface area (Å²) in [6.07, 6.45) is 1.74. The van der Waals surface area contributed by atoms with Crippen molar-refractivity contribution in [2.24, 2.45) is 0 Å². The lowest BCUT2D eigenvalue weighted by Crippen LogP contribution is -2.22. The topological polar surface area (TPSA) is 65.1 Å². The van der Waals surface area contributed by atoms with Gasteiger partial charge < -0.3 is 14.2 Å². The van der Waals surface area contributed by atoms with Gasteiger partial charge in [0.1, 0.15) is 4.32 Å². The molecule has 1 saturated heterocycles. The summed E-state index contributed by atoms with van der Waals surface area (Å²) in [5, 5.41) is 0. The summed E-state index contributed by atoms with van der Waals surface area (Å²) in [6.45, 7) is 2.03. The first-order valence-electron chi connectivity index (χ1n) is 7.24. The molecule has 0 atom stereocenters. The van der Waals surface area contributed by atoms with Crippen molar-refractivity contribution in [1.82, 2.24) is 4.90 Å². The van der Waals surface area contributed by atoms with Crippen LogP contribution in [0, 0.1) is 0 Å². The highest BCUT2D eigenvalue weighted by molar-refractivity contribution is 9.10. The van der Waals surface area contributed by atoms with Gasteiger partial charge in [-0.05, 0) is 46.6 Å². The maximum Gasteiger partial charge on any atom is 0.343 e. The average molecular weight is 446 g/mol. The number of hydrogen-bond acceptors (Lipinski definition) is 7. The molecule has 0 aliphatic carbocycles. The van der Waals surface area contributed by atoms with E-state index in [2.05, 4.69) is 20.7 Å². The van der Waals surface area contributed by atoms with Crippen LogP contribution >= 0.6 is 39.9 Å². The molecule has 0 bridgehead atoms. The molecular formula is C16H16BrNO5S2. The second-order valence-electron chi connectivity index (χ2n) is 4.87.